The van der Waals surface area contributed by atoms with Gasteiger partial charge in [0.25, 0.3) is 0 Å². The van der Waals surface area contributed by atoms with E-state index in [1.165, 1.54) is 51.1 Å². The fourth-order valence-corrected chi connectivity index (χ4v) is 3.51. The van der Waals surface area contributed by atoms with Gasteiger partial charge in [-0.1, -0.05) is 19.4 Å². The van der Waals surface area contributed by atoms with Gasteiger partial charge in [0.2, 0.25) is 0 Å². The van der Waals surface area contributed by atoms with Gasteiger partial charge in [-0.15, -0.1) is 0 Å². The summed E-state index contributed by atoms with van der Waals surface area (Å²) in [5.41, 5.74) is 1.19. The predicted molar refractivity (Wildman–Crippen MR) is 87.5 cm³/mol. The minimum absolute atomic E-state index is 0.786. The van der Waals surface area contributed by atoms with Gasteiger partial charge in [-0.25, -0.2) is 4.98 Å². The summed E-state index contributed by atoms with van der Waals surface area (Å²) < 4.78 is 0. The van der Waals surface area contributed by atoms with Crippen molar-refractivity contribution in [1.82, 2.24) is 14.8 Å². The van der Waals surface area contributed by atoms with Crippen molar-refractivity contribution in [3.05, 3.63) is 23.9 Å². The lowest BCUT2D eigenvalue weighted by atomic mass is 9.99. The fourth-order valence-electron chi connectivity index (χ4n) is 3.51. The summed E-state index contributed by atoms with van der Waals surface area (Å²) in [7, 11) is 0. The normalized spacial score (nSPS) is 23.8. The van der Waals surface area contributed by atoms with Crippen molar-refractivity contribution in [1.29, 1.82) is 0 Å². The highest BCUT2D eigenvalue weighted by molar-refractivity contribution is 5.35. The number of rotatable bonds is 5. The van der Waals surface area contributed by atoms with E-state index in [2.05, 4.69) is 40.2 Å². The van der Waals surface area contributed by atoms with E-state index in [0.29, 0.717) is 0 Å². The second kappa shape index (κ2) is 7.23. The third kappa shape index (κ3) is 3.95. The molecule has 0 aliphatic carbocycles. The molecule has 4 nitrogen and oxygen atoms in total. The Kier molecular flexibility index (Phi) is 5.09. The van der Waals surface area contributed by atoms with Crippen molar-refractivity contribution in [2.24, 2.45) is 0 Å². The number of anilines is 1. The van der Waals surface area contributed by atoms with Crippen molar-refractivity contribution in [3.63, 3.8) is 0 Å². The van der Waals surface area contributed by atoms with E-state index in [-0.39, 0.29) is 0 Å². The first-order valence-corrected chi connectivity index (χ1v) is 8.51. The first-order chi connectivity index (χ1) is 10.3. The second-order valence-corrected chi connectivity index (χ2v) is 6.36. The molecule has 3 heterocycles. The van der Waals surface area contributed by atoms with Crippen LogP contribution >= 0.6 is 0 Å². The van der Waals surface area contributed by atoms with Crippen LogP contribution in [0.2, 0.25) is 0 Å². The zero-order valence-electron chi connectivity index (χ0n) is 13.2. The monoisotopic (exact) mass is 288 g/mol. The minimum atomic E-state index is 0.786. The van der Waals surface area contributed by atoms with Gasteiger partial charge in [-0.05, 0) is 37.9 Å². The Morgan fingerprint density at radius 2 is 2.19 bits per heavy atom. The molecule has 2 aliphatic heterocycles. The van der Waals surface area contributed by atoms with Crippen LogP contribution in [-0.4, -0.2) is 53.5 Å². The Morgan fingerprint density at radius 1 is 1.24 bits per heavy atom. The molecule has 0 spiro atoms. The predicted octanol–water partition coefficient (Wildman–Crippen LogP) is 2.57. The number of hydrogen-bond donors (Lipinski definition) is 1. The molecule has 1 aromatic rings. The summed E-state index contributed by atoms with van der Waals surface area (Å²) in [6.45, 7) is 9.12. The summed E-state index contributed by atoms with van der Waals surface area (Å²) in [4.78, 5) is 10.0. The number of nitrogens with zero attached hydrogens (tertiary/aromatic N) is 3. The van der Waals surface area contributed by atoms with Gasteiger partial charge < -0.3 is 5.32 Å². The smallest absolute Gasteiger partial charge is 0.126 e. The third-order valence-electron chi connectivity index (χ3n) is 4.67. The first-order valence-electron chi connectivity index (χ1n) is 8.51. The number of pyridine rings is 1. The van der Waals surface area contributed by atoms with E-state index in [0.717, 1.165) is 31.4 Å². The summed E-state index contributed by atoms with van der Waals surface area (Å²) >= 11 is 0. The molecule has 4 heteroatoms. The van der Waals surface area contributed by atoms with Crippen molar-refractivity contribution < 1.29 is 0 Å². The summed E-state index contributed by atoms with van der Waals surface area (Å²) in [6.07, 6.45) is 5.31. The van der Waals surface area contributed by atoms with Gasteiger partial charge in [-0.2, -0.15) is 0 Å². The number of piperidine rings is 1. The molecule has 1 unspecified atom stereocenters. The van der Waals surface area contributed by atoms with E-state index < -0.39 is 0 Å². The maximum atomic E-state index is 4.74. The largest absolute Gasteiger partial charge is 0.370 e. The first kappa shape index (κ1) is 14.8. The van der Waals surface area contributed by atoms with E-state index in [9.17, 15) is 0 Å². The highest BCUT2D eigenvalue weighted by atomic mass is 15.3. The van der Waals surface area contributed by atoms with Crippen molar-refractivity contribution in [2.45, 2.75) is 45.2 Å². The lowest BCUT2D eigenvalue weighted by molar-refractivity contribution is 0.0451. The van der Waals surface area contributed by atoms with Crippen molar-refractivity contribution in [3.8, 4) is 0 Å². The van der Waals surface area contributed by atoms with Crippen LogP contribution in [0.5, 0.6) is 0 Å². The molecular formula is C17H28N4. The van der Waals surface area contributed by atoms with Crippen LogP contribution in [0.1, 0.15) is 38.3 Å². The number of fused-ring (bicyclic) bond motifs is 1. The highest BCUT2D eigenvalue weighted by Gasteiger charge is 2.28. The van der Waals surface area contributed by atoms with Crippen LogP contribution in [0.3, 0.4) is 0 Å². The third-order valence-corrected chi connectivity index (χ3v) is 4.67. The Balaban J connectivity index is 1.56. The second-order valence-electron chi connectivity index (χ2n) is 6.36. The topological polar surface area (TPSA) is 31.4 Å². The average molecular weight is 288 g/mol. The van der Waals surface area contributed by atoms with Crippen LogP contribution in [0, 0.1) is 0 Å². The van der Waals surface area contributed by atoms with Crippen LogP contribution in [0.4, 0.5) is 5.82 Å². The molecule has 21 heavy (non-hydrogen) atoms. The lowest BCUT2D eigenvalue weighted by Gasteiger charge is -2.44. The van der Waals surface area contributed by atoms with E-state index >= 15 is 0 Å². The Labute approximate surface area is 128 Å². The number of piperazine rings is 1. The van der Waals surface area contributed by atoms with Crippen LogP contribution in [-0.2, 0) is 6.54 Å². The highest BCUT2D eigenvalue weighted by Crippen LogP contribution is 2.22. The number of nitrogens with one attached hydrogen (secondary N) is 1. The Hall–Kier alpha value is -1.13. The molecule has 2 saturated heterocycles. The molecule has 1 aromatic heterocycles. The molecule has 0 radical (unpaired) electrons. The van der Waals surface area contributed by atoms with Crippen LogP contribution in [0.25, 0.3) is 0 Å². The van der Waals surface area contributed by atoms with E-state index in [1.807, 2.05) is 0 Å². The number of aromatic nitrogens is 1. The maximum Gasteiger partial charge on any atom is 0.126 e. The molecule has 0 aromatic carbocycles. The average Bonchev–Trinajstić information content (AvgIpc) is 2.53. The summed E-state index contributed by atoms with van der Waals surface area (Å²) in [5, 5.41) is 3.38. The fraction of sp³-hybridized carbons (Fsp3) is 0.706. The molecule has 0 amide bonds. The molecule has 116 valence electrons. The Morgan fingerprint density at radius 3 is 3.10 bits per heavy atom. The van der Waals surface area contributed by atoms with Gasteiger partial charge in [0.05, 0.1) is 5.69 Å². The standard InChI is InChI=1S/C17H28N4/c1-2-9-18-17-8-5-6-15(19-17)13-20-11-12-21-10-4-3-7-16(21)14-20/h5-6,8,16H,2-4,7,9-14H2,1H3,(H,18,19). The van der Waals surface area contributed by atoms with E-state index in [1.54, 1.807) is 0 Å². The van der Waals surface area contributed by atoms with Crippen molar-refractivity contribution >= 4 is 5.82 Å². The summed E-state index contributed by atoms with van der Waals surface area (Å²) in [5.74, 6) is 1.02. The van der Waals surface area contributed by atoms with Crippen molar-refractivity contribution in [2.75, 3.05) is 38.0 Å². The van der Waals surface area contributed by atoms with Gasteiger partial charge in [0.15, 0.2) is 0 Å². The Bertz CT molecular complexity index is 448. The molecule has 2 aliphatic rings. The quantitative estimate of drug-likeness (QED) is 0.902. The molecule has 1 atom stereocenters. The van der Waals surface area contributed by atoms with Gasteiger partial charge in [0, 0.05) is 38.8 Å². The molecule has 0 saturated carbocycles. The molecular weight excluding hydrogens is 260 g/mol. The molecule has 1 N–H and O–H groups in total. The van der Waals surface area contributed by atoms with Crippen LogP contribution in [0.15, 0.2) is 18.2 Å². The minimum Gasteiger partial charge on any atom is -0.370 e. The van der Waals surface area contributed by atoms with E-state index in [4.69, 9.17) is 4.98 Å². The SMILES string of the molecule is CCCNc1cccc(CN2CCN3CCCCC3C2)n1. The summed E-state index contributed by atoms with van der Waals surface area (Å²) in [6, 6.07) is 7.13. The zero-order chi connectivity index (χ0) is 14.5. The van der Waals surface area contributed by atoms with Gasteiger partial charge >= 0.3 is 0 Å². The van der Waals surface area contributed by atoms with Crippen LogP contribution < -0.4 is 5.32 Å². The van der Waals surface area contributed by atoms with Gasteiger partial charge in [-0.3, -0.25) is 9.80 Å². The maximum absolute atomic E-state index is 4.74. The molecule has 3 rings (SSSR count). The lowest BCUT2D eigenvalue weighted by Crippen LogP contribution is -2.54. The zero-order valence-corrected chi connectivity index (χ0v) is 13.2. The number of hydrogen-bond acceptors (Lipinski definition) is 4. The molecule has 0 bridgehead atoms. The molecule has 2 fully saturated rings. The van der Waals surface area contributed by atoms with Gasteiger partial charge in [0.1, 0.15) is 5.82 Å².